The minimum atomic E-state index is -0.372. The number of hydrazine groups is 1. The molecule has 0 saturated carbocycles. The number of methoxy groups -OCH3 is 3. The molecule has 0 saturated heterocycles. The Bertz CT molecular complexity index is 1150. The van der Waals surface area contributed by atoms with E-state index < -0.39 is 0 Å². The summed E-state index contributed by atoms with van der Waals surface area (Å²) in [6, 6.07) is 18.2. The summed E-state index contributed by atoms with van der Waals surface area (Å²) < 4.78 is 29.9. The number of rotatable bonds is 8. The Morgan fingerprint density at radius 2 is 1.58 bits per heavy atom. The van der Waals surface area contributed by atoms with Crippen molar-refractivity contribution < 1.29 is 18.6 Å². The number of hydrogen-bond acceptors (Lipinski definition) is 5. The second-order valence-electron chi connectivity index (χ2n) is 7.80. The van der Waals surface area contributed by atoms with Gasteiger partial charge < -0.3 is 14.2 Å². The lowest BCUT2D eigenvalue weighted by molar-refractivity contribution is 0.393. The van der Waals surface area contributed by atoms with Gasteiger partial charge in [0.15, 0.2) is 0 Å². The number of ether oxygens (including phenoxy) is 3. The van der Waals surface area contributed by atoms with Crippen molar-refractivity contribution in [3.63, 3.8) is 0 Å². The maximum atomic E-state index is 13.6. The van der Waals surface area contributed by atoms with Gasteiger partial charge in [0.25, 0.3) is 0 Å². The molecule has 0 radical (unpaired) electrons. The van der Waals surface area contributed by atoms with E-state index in [0.29, 0.717) is 23.6 Å². The third kappa shape index (κ3) is 5.41. The predicted molar refractivity (Wildman–Crippen MR) is 129 cm³/mol. The number of hydrogen-bond donors (Lipinski definition) is 1. The zero-order valence-corrected chi connectivity index (χ0v) is 19.5. The highest BCUT2D eigenvalue weighted by molar-refractivity contribution is 6.33. The molecule has 1 aliphatic rings. The van der Waals surface area contributed by atoms with Gasteiger partial charge in [-0.3, -0.25) is 5.01 Å². The highest BCUT2D eigenvalue weighted by Crippen LogP contribution is 2.32. The van der Waals surface area contributed by atoms with E-state index in [1.807, 2.05) is 47.6 Å². The molecule has 3 aromatic carbocycles. The van der Waals surface area contributed by atoms with Gasteiger partial charge in [-0.1, -0.05) is 23.7 Å². The normalized spacial score (nSPS) is 15.4. The molecule has 0 fully saturated rings. The van der Waals surface area contributed by atoms with Crippen LogP contribution in [0.4, 0.5) is 10.1 Å². The van der Waals surface area contributed by atoms with Gasteiger partial charge >= 0.3 is 0 Å². The molecule has 1 aliphatic heterocycles. The van der Waals surface area contributed by atoms with E-state index in [1.165, 1.54) is 12.1 Å². The molecule has 0 bridgehead atoms. The van der Waals surface area contributed by atoms with E-state index in [-0.39, 0.29) is 11.9 Å². The van der Waals surface area contributed by atoms with Crippen molar-refractivity contribution in [3.05, 3.63) is 94.4 Å². The van der Waals surface area contributed by atoms with Crippen molar-refractivity contribution in [2.75, 3.05) is 26.3 Å². The first-order valence-corrected chi connectivity index (χ1v) is 10.9. The van der Waals surface area contributed by atoms with Gasteiger partial charge in [0.1, 0.15) is 23.1 Å². The molecule has 1 N–H and O–H groups in total. The standard InChI is InChI=1S/C26H26ClFN2O3/c1-31-21-6-4-5-17(10-21)9-19-16-30(26-8-7-20(28)14-24(26)27)29-25(19)13-18-11-22(32-2)15-23(12-18)33-3/h4-8,10-12,14-16,25,29H,9,13H2,1-3H3. The maximum absolute atomic E-state index is 13.6. The van der Waals surface area contributed by atoms with Crippen LogP contribution in [0.3, 0.4) is 0 Å². The van der Waals surface area contributed by atoms with Gasteiger partial charge in [0.2, 0.25) is 0 Å². The van der Waals surface area contributed by atoms with Crippen LogP contribution >= 0.6 is 11.6 Å². The summed E-state index contributed by atoms with van der Waals surface area (Å²) in [6.45, 7) is 0. The van der Waals surface area contributed by atoms with E-state index in [2.05, 4.69) is 11.5 Å². The van der Waals surface area contributed by atoms with Gasteiger partial charge in [-0.15, -0.1) is 0 Å². The minimum absolute atomic E-state index is 0.0193. The van der Waals surface area contributed by atoms with Crippen molar-refractivity contribution in [1.29, 1.82) is 0 Å². The van der Waals surface area contributed by atoms with Crippen molar-refractivity contribution in [2.45, 2.75) is 18.9 Å². The average Bonchev–Trinajstić information content (AvgIpc) is 3.20. The van der Waals surface area contributed by atoms with Crippen LogP contribution in [0.5, 0.6) is 17.2 Å². The lowest BCUT2D eigenvalue weighted by Gasteiger charge is -2.22. The van der Waals surface area contributed by atoms with Gasteiger partial charge in [-0.2, -0.15) is 0 Å². The lowest BCUT2D eigenvalue weighted by Crippen LogP contribution is -2.38. The Hall–Kier alpha value is -3.22. The largest absolute Gasteiger partial charge is 0.497 e. The van der Waals surface area contributed by atoms with Crippen molar-refractivity contribution in [2.24, 2.45) is 0 Å². The van der Waals surface area contributed by atoms with Gasteiger partial charge in [0, 0.05) is 12.3 Å². The third-order valence-corrected chi connectivity index (χ3v) is 5.90. The second kappa shape index (κ2) is 10.1. The molecule has 1 heterocycles. The molecule has 7 heteroatoms. The van der Waals surface area contributed by atoms with E-state index >= 15 is 0 Å². The number of halogens is 2. The molecule has 3 aromatic rings. The Balaban J connectivity index is 1.65. The molecule has 172 valence electrons. The van der Waals surface area contributed by atoms with Crippen LogP contribution in [0.1, 0.15) is 11.1 Å². The summed E-state index contributed by atoms with van der Waals surface area (Å²) in [5.74, 6) is 1.91. The van der Waals surface area contributed by atoms with Crippen LogP contribution in [-0.2, 0) is 12.8 Å². The Kier molecular flexibility index (Phi) is 7.06. The third-order valence-electron chi connectivity index (χ3n) is 5.60. The Morgan fingerprint density at radius 3 is 2.24 bits per heavy atom. The van der Waals surface area contributed by atoms with Gasteiger partial charge in [-0.05, 0) is 72.0 Å². The molecule has 4 rings (SSSR count). The van der Waals surface area contributed by atoms with Crippen LogP contribution in [0.25, 0.3) is 0 Å². The van der Waals surface area contributed by atoms with Crippen molar-refractivity contribution in [3.8, 4) is 17.2 Å². The monoisotopic (exact) mass is 468 g/mol. The molecular formula is C26H26ClFN2O3. The Labute approximate surface area is 198 Å². The van der Waals surface area contributed by atoms with Crippen LogP contribution in [0.15, 0.2) is 72.4 Å². The molecule has 0 aromatic heterocycles. The zero-order chi connectivity index (χ0) is 23.4. The van der Waals surface area contributed by atoms with Crippen LogP contribution in [-0.4, -0.2) is 27.4 Å². The number of anilines is 1. The lowest BCUT2D eigenvalue weighted by atomic mass is 9.95. The summed E-state index contributed by atoms with van der Waals surface area (Å²) in [4.78, 5) is 0. The molecule has 0 spiro atoms. The molecule has 1 unspecified atom stereocenters. The van der Waals surface area contributed by atoms with Crippen LogP contribution in [0.2, 0.25) is 5.02 Å². The summed E-state index contributed by atoms with van der Waals surface area (Å²) in [7, 11) is 4.93. The van der Waals surface area contributed by atoms with E-state index in [4.69, 9.17) is 25.8 Å². The second-order valence-corrected chi connectivity index (χ2v) is 8.21. The SMILES string of the molecule is COc1cccc(CC2=CN(c3ccc(F)cc3Cl)NC2Cc2cc(OC)cc(OC)c2)c1. The Morgan fingerprint density at radius 1 is 0.879 bits per heavy atom. The molecule has 33 heavy (non-hydrogen) atoms. The molecular weight excluding hydrogens is 443 g/mol. The highest BCUT2D eigenvalue weighted by Gasteiger charge is 2.27. The van der Waals surface area contributed by atoms with E-state index in [1.54, 1.807) is 27.4 Å². The van der Waals surface area contributed by atoms with Gasteiger partial charge in [-0.25, -0.2) is 9.82 Å². The average molecular weight is 469 g/mol. The first-order chi connectivity index (χ1) is 16.0. The smallest absolute Gasteiger partial charge is 0.124 e. The van der Waals surface area contributed by atoms with Crippen molar-refractivity contribution in [1.82, 2.24) is 5.43 Å². The fraction of sp³-hybridized carbons (Fsp3) is 0.231. The summed E-state index contributed by atoms with van der Waals surface area (Å²) >= 11 is 6.34. The fourth-order valence-electron chi connectivity index (χ4n) is 3.94. The fourth-order valence-corrected chi connectivity index (χ4v) is 4.20. The molecule has 0 amide bonds. The van der Waals surface area contributed by atoms with Crippen molar-refractivity contribution >= 4 is 17.3 Å². The predicted octanol–water partition coefficient (Wildman–Crippen LogP) is 5.57. The first-order valence-electron chi connectivity index (χ1n) is 10.5. The maximum Gasteiger partial charge on any atom is 0.124 e. The molecule has 5 nitrogen and oxygen atoms in total. The summed E-state index contributed by atoms with van der Waals surface area (Å²) in [6.07, 6.45) is 3.44. The van der Waals surface area contributed by atoms with E-state index in [9.17, 15) is 4.39 Å². The number of benzene rings is 3. The summed E-state index contributed by atoms with van der Waals surface area (Å²) in [5.41, 5.74) is 7.55. The quantitative estimate of drug-likeness (QED) is 0.468. The van der Waals surface area contributed by atoms with Crippen LogP contribution in [0, 0.1) is 5.82 Å². The van der Waals surface area contributed by atoms with E-state index in [0.717, 1.165) is 33.9 Å². The topological polar surface area (TPSA) is 43.0 Å². The number of nitrogens with zero attached hydrogens (tertiary/aromatic N) is 1. The minimum Gasteiger partial charge on any atom is -0.497 e. The summed E-state index contributed by atoms with van der Waals surface area (Å²) in [5, 5.41) is 2.20. The first kappa shape index (κ1) is 23.0. The highest BCUT2D eigenvalue weighted by atomic mass is 35.5. The molecule has 0 aliphatic carbocycles. The molecule has 1 atom stereocenters. The number of nitrogens with one attached hydrogen (secondary N) is 1. The van der Waals surface area contributed by atoms with Crippen LogP contribution < -0.4 is 24.6 Å². The van der Waals surface area contributed by atoms with Gasteiger partial charge in [0.05, 0.1) is 38.1 Å². The zero-order valence-electron chi connectivity index (χ0n) is 18.8.